The molecule has 1 aromatic heterocycles. The quantitative estimate of drug-likeness (QED) is 0.918. The monoisotopic (exact) mass is 298 g/mol. The van der Waals surface area contributed by atoms with Crippen LogP contribution in [0, 0.1) is 5.82 Å². The fraction of sp³-hybridized carbons (Fsp3) is 0.333. The highest BCUT2D eigenvalue weighted by atomic mass is 32.2. The van der Waals surface area contributed by atoms with Crippen LogP contribution in [0.1, 0.15) is 5.56 Å². The minimum atomic E-state index is -0.238. The van der Waals surface area contributed by atoms with Gasteiger partial charge in [0.1, 0.15) is 5.82 Å². The normalized spacial score (nSPS) is 10.7. The first kappa shape index (κ1) is 14.2. The Morgan fingerprint density at radius 3 is 2.79 bits per heavy atom. The maximum atomic E-state index is 13.9. The van der Waals surface area contributed by atoms with Gasteiger partial charge in [0.15, 0.2) is 4.34 Å². The topological polar surface area (TPSA) is 55.0 Å². The molecule has 19 heavy (non-hydrogen) atoms. The lowest BCUT2D eigenvalue weighted by atomic mass is 10.1. The predicted octanol–water partition coefficient (Wildman–Crippen LogP) is 2.40. The summed E-state index contributed by atoms with van der Waals surface area (Å²) in [6, 6.07) is 5.05. The van der Waals surface area contributed by atoms with Crippen LogP contribution in [0.5, 0.6) is 0 Å². The maximum Gasteiger partial charge on any atom is 0.208 e. The Morgan fingerprint density at radius 2 is 2.16 bits per heavy atom. The summed E-state index contributed by atoms with van der Waals surface area (Å²) in [4.78, 5) is 2.47. The van der Waals surface area contributed by atoms with Gasteiger partial charge in [0.2, 0.25) is 5.13 Å². The molecule has 0 saturated carbocycles. The average Bonchev–Trinajstić information content (AvgIpc) is 2.82. The Kier molecular flexibility index (Phi) is 4.73. The van der Waals surface area contributed by atoms with Crippen LogP contribution in [0.3, 0.4) is 0 Å². The second kappa shape index (κ2) is 6.31. The van der Waals surface area contributed by atoms with E-state index >= 15 is 0 Å². The van der Waals surface area contributed by atoms with E-state index in [0.717, 1.165) is 15.0 Å². The van der Waals surface area contributed by atoms with Gasteiger partial charge in [0, 0.05) is 14.1 Å². The number of hydrogen-bond acceptors (Lipinski definition) is 6. The summed E-state index contributed by atoms with van der Waals surface area (Å²) in [6.07, 6.45) is 0.652. The van der Waals surface area contributed by atoms with Crippen LogP contribution in [-0.2, 0) is 6.42 Å². The lowest BCUT2D eigenvalue weighted by Gasteiger charge is -2.07. The second-order valence-electron chi connectivity index (χ2n) is 4.11. The molecule has 2 rings (SSSR count). The second-order valence-corrected chi connectivity index (χ2v) is 6.33. The summed E-state index contributed by atoms with van der Waals surface area (Å²) in [5.74, 6) is -0.238. The van der Waals surface area contributed by atoms with E-state index in [9.17, 15) is 4.39 Å². The molecule has 0 unspecified atom stereocenters. The van der Waals surface area contributed by atoms with E-state index in [0.29, 0.717) is 17.9 Å². The Morgan fingerprint density at radius 1 is 1.37 bits per heavy atom. The first-order valence-corrected chi connectivity index (χ1v) is 7.41. The van der Waals surface area contributed by atoms with E-state index in [2.05, 4.69) is 10.2 Å². The first-order valence-electron chi connectivity index (χ1n) is 5.78. The number of hydrogen-bond donors (Lipinski definition) is 1. The number of anilines is 1. The first-order chi connectivity index (χ1) is 9.11. The molecule has 102 valence electrons. The van der Waals surface area contributed by atoms with Crippen molar-refractivity contribution < 1.29 is 4.39 Å². The molecule has 0 atom stereocenters. The summed E-state index contributed by atoms with van der Waals surface area (Å²) in [6.45, 7) is 0.496. The molecule has 2 N–H and O–H groups in total. The fourth-order valence-corrected chi connectivity index (χ4v) is 3.40. The smallest absolute Gasteiger partial charge is 0.208 e. The van der Waals surface area contributed by atoms with Crippen molar-refractivity contribution >= 4 is 28.2 Å². The van der Waals surface area contributed by atoms with E-state index in [-0.39, 0.29) is 5.82 Å². The van der Waals surface area contributed by atoms with Crippen LogP contribution >= 0.6 is 23.1 Å². The SMILES string of the molecule is CN(C)c1nnc(Sc2c(F)cccc2CCN)s1. The predicted molar refractivity (Wildman–Crippen MR) is 77.5 cm³/mol. The zero-order valence-electron chi connectivity index (χ0n) is 10.8. The van der Waals surface area contributed by atoms with Gasteiger partial charge in [-0.05, 0) is 24.6 Å². The lowest BCUT2D eigenvalue weighted by Crippen LogP contribution is -2.07. The molecule has 0 saturated heterocycles. The molecule has 7 heteroatoms. The molecular weight excluding hydrogens is 283 g/mol. The van der Waals surface area contributed by atoms with E-state index in [1.54, 1.807) is 6.07 Å². The van der Waals surface area contributed by atoms with Crippen LogP contribution in [0.4, 0.5) is 9.52 Å². The van der Waals surface area contributed by atoms with Crippen LogP contribution in [-0.4, -0.2) is 30.8 Å². The number of nitrogens with two attached hydrogens (primary N) is 1. The molecule has 0 amide bonds. The van der Waals surface area contributed by atoms with Crippen molar-refractivity contribution in [2.45, 2.75) is 15.7 Å². The highest BCUT2D eigenvalue weighted by molar-refractivity contribution is 8.01. The molecule has 0 spiro atoms. The molecule has 0 aliphatic rings. The fourth-order valence-electron chi connectivity index (χ4n) is 1.53. The van der Waals surface area contributed by atoms with Crippen molar-refractivity contribution in [2.75, 3.05) is 25.5 Å². The zero-order valence-corrected chi connectivity index (χ0v) is 12.4. The van der Waals surface area contributed by atoms with Crippen molar-refractivity contribution in [1.82, 2.24) is 10.2 Å². The van der Waals surface area contributed by atoms with Gasteiger partial charge in [-0.15, -0.1) is 10.2 Å². The number of halogens is 1. The molecule has 0 fully saturated rings. The molecule has 0 bridgehead atoms. The summed E-state index contributed by atoms with van der Waals surface area (Å²) in [7, 11) is 3.80. The molecule has 0 radical (unpaired) electrons. The van der Waals surface area contributed by atoms with Gasteiger partial charge >= 0.3 is 0 Å². The molecule has 0 aliphatic carbocycles. The highest BCUT2D eigenvalue weighted by Gasteiger charge is 2.13. The average molecular weight is 298 g/mol. The summed E-state index contributed by atoms with van der Waals surface area (Å²) < 4.78 is 14.6. The summed E-state index contributed by atoms with van der Waals surface area (Å²) in [5, 5.41) is 8.92. The van der Waals surface area contributed by atoms with Gasteiger partial charge < -0.3 is 10.6 Å². The standard InChI is InChI=1S/C12H15FN4S2/c1-17(2)11-15-16-12(19-11)18-10-8(6-7-14)4-3-5-9(10)13/h3-5H,6-7,14H2,1-2H3. The van der Waals surface area contributed by atoms with Gasteiger partial charge in [0.05, 0.1) is 4.90 Å². The minimum absolute atomic E-state index is 0.238. The van der Waals surface area contributed by atoms with Crippen molar-refractivity contribution in [2.24, 2.45) is 5.73 Å². The van der Waals surface area contributed by atoms with Gasteiger partial charge in [0.25, 0.3) is 0 Å². The van der Waals surface area contributed by atoms with Crippen molar-refractivity contribution in [3.63, 3.8) is 0 Å². The van der Waals surface area contributed by atoms with Gasteiger partial charge in [-0.3, -0.25) is 0 Å². The van der Waals surface area contributed by atoms with E-state index < -0.39 is 0 Å². The van der Waals surface area contributed by atoms with E-state index in [1.807, 2.05) is 25.1 Å². The Balaban J connectivity index is 2.26. The Labute approximate surface area is 119 Å². The van der Waals surface area contributed by atoms with E-state index in [4.69, 9.17) is 5.73 Å². The minimum Gasteiger partial charge on any atom is -0.353 e. The van der Waals surface area contributed by atoms with Crippen molar-refractivity contribution in [3.05, 3.63) is 29.6 Å². The largest absolute Gasteiger partial charge is 0.353 e. The zero-order chi connectivity index (χ0) is 13.8. The number of aromatic nitrogens is 2. The van der Waals surface area contributed by atoms with E-state index in [1.165, 1.54) is 29.2 Å². The number of rotatable bonds is 5. The lowest BCUT2D eigenvalue weighted by molar-refractivity contribution is 0.597. The van der Waals surface area contributed by atoms with Crippen molar-refractivity contribution in [3.8, 4) is 0 Å². The third-order valence-corrected chi connectivity index (χ3v) is 4.73. The van der Waals surface area contributed by atoms with Gasteiger partial charge in [-0.2, -0.15) is 0 Å². The van der Waals surface area contributed by atoms with Crippen LogP contribution in [0.25, 0.3) is 0 Å². The molecule has 1 aromatic carbocycles. The summed E-state index contributed by atoms with van der Waals surface area (Å²) in [5.41, 5.74) is 6.46. The third-order valence-electron chi connectivity index (χ3n) is 2.43. The van der Waals surface area contributed by atoms with Crippen LogP contribution in [0.2, 0.25) is 0 Å². The molecule has 4 nitrogen and oxygen atoms in total. The number of nitrogens with zero attached hydrogens (tertiary/aromatic N) is 3. The van der Waals surface area contributed by atoms with Gasteiger partial charge in [-0.1, -0.05) is 35.2 Å². The highest BCUT2D eigenvalue weighted by Crippen LogP contribution is 2.36. The molecule has 2 aromatic rings. The number of benzene rings is 1. The Bertz CT molecular complexity index is 556. The van der Waals surface area contributed by atoms with Gasteiger partial charge in [-0.25, -0.2) is 4.39 Å². The van der Waals surface area contributed by atoms with Crippen LogP contribution < -0.4 is 10.6 Å². The third kappa shape index (κ3) is 3.43. The van der Waals surface area contributed by atoms with Crippen molar-refractivity contribution in [1.29, 1.82) is 0 Å². The maximum absolute atomic E-state index is 13.9. The Hall–Kier alpha value is -1.18. The summed E-state index contributed by atoms with van der Waals surface area (Å²) >= 11 is 2.75. The molecule has 1 heterocycles. The molecular formula is C12H15FN4S2. The molecule has 0 aliphatic heterocycles. The van der Waals surface area contributed by atoms with Crippen LogP contribution in [0.15, 0.2) is 27.4 Å².